The molecule has 5 aromatic rings. The van der Waals surface area contributed by atoms with Crippen LogP contribution >= 0.6 is 0 Å². The third kappa shape index (κ3) is 8.99. The normalized spacial score (nSPS) is 14.7. The first kappa shape index (κ1) is 41.9. The average molecular weight is 809 g/mol. The Labute approximate surface area is 351 Å². The molecular weight excluding hydrogens is 757 g/mol. The molecule has 0 bridgehead atoms. The fourth-order valence-corrected chi connectivity index (χ4v) is 8.03. The van der Waals surface area contributed by atoms with Crippen LogP contribution < -0.4 is 10.6 Å². The van der Waals surface area contributed by atoms with Gasteiger partial charge in [-0.1, -0.05) is 127 Å². The summed E-state index contributed by atoms with van der Waals surface area (Å²) in [6.07, 6.45) is -1.30. The highest BCUT2D eigenvalue weighted by molar-refractivity contribution is 5.91. The van der Waals surface area contributed by atoms with Gasteiger partial charge in [0.05, 0.1) is 12.2 Å². The first-order valence-electron chi connectivity index (χ1n) is 20.4. The number of alkyl carbamates (subject to hydrolysis) is 1. The Balaban J connectivity index is 1.14. The summed E-state index contributed by atoms with van der Waals surface area (Å²) in [6.45, 7) is 10.5. The molecule has 0 saturated heterocycles. The number of hydrogen-bond acceptors (Lipinski definition) is 8. The molecular formula is C50H52N2O8. The van der Waals surface area contributed by atoms with Crippen molar-refractivity contribution in [3.05, 3.63) is 155 Å². The lowest BCUT2D eigenvalue weighted by atomic mass is 9.84. The van der Waals surface area contributed by atoms with E-state index in [9.17, 15) is 19.2 Å². The molecule has 2 aliphatic rings. The van der Waals surface area contributed by atoms with Crippen LogP contribution in [-0.4, -0.2) is 60.4 Å². The van der Waals surface area contributed by atoms with E-state index in [2.05, 4.69) is 10.6 Å². The fraction of sp³-hybridized carbons (Fsp3) is 0.320. The molecule has 0 unspecified atom stereocenters. The van der Waals surface area contributed by atoms with Gasteiger partial charge in [0, 0.05) is 29.0 Å². The number of rotatable bonds is 13. The van der Waals surface area contributed by atoms with Crippen molar-refractivity contribution in [2.75, 3.05) is 13.2 Å². The largest absolute Gasteiger partial charge is 0.458 e. The average Bonchev–Trinajstić information content (AvgIpc) is 3.69. The van der Waals surface area contributed by atoms with E-state index < -0.39 is 52.8 Å². The number of amides is 2. The van der Waals surface area contributed by atoms with Gasteiger partial charge in [-0.15, -0.1) is 0 Å². The van der Waals surface area contributed by atoms with Crippen molar-refractivity contribution >= 4 is 23.9 Å². The van der Waals surface area contributed by atoms with E-state index >= 15 is 0 Å². The third-order valence-electron chi connectivity index (χ3n) is 10.6. The van der Waals surface area contributed by atoms with Crippen LogP contribution in [0.2, 0.25) is 0 Å². The van der Waals surface area contributed by atoms with Crippen LogP contribution in [0.3, 0.4) is 0 Å². The van der Waals surface area contributed by atoms with E-state index in [0.717, 1.165) is 50.1 Å². The predicted molar refractivity (Wildman–Crippen MR) is 229 cm³/mol. The minimum Gasteiger partial charge on any atom is -0.458 e. The number of carbonyl (C=O) groups excluding carboxylic acids is 4. The Bertz CT molecular complexity index is 2290. The van der Waals surface area contributed by atoms with Gasteiger partial charge >= 0.3 is 18.0 Å². The second-order valence-corrected chi connectivity index (χ2v) is 17.2. The SMILES string of the molecule is CC(C)(C)OC[C@H](NC(=O)[C@H](CCC(=O)OC1(c2ccccc2)c2ccccc2-c2ccccc21)NC(=O)OCC1c2ccccc2-c2ccccc21)C(=O)OC(C)(C)C. The van der Waals surface area contributed by atoms with Gasteiger partial charge in [-0.3, -0.25) is 9.59 Å². The fourth-order valence-electron chi connectivity index (χ4n) is 8.03. The Kier molecular flexibility index (Phi) is 12.0. The number of ether oxygens (including phenoxy) is 4. The molecule has 0 radical (unpaired) electrons. The summed E-state index contributed by atoms with van der Waals surface area (Å²) in [6, 6.07) is 38.7. The Morgan fingerprint density at radius 2 is 1.13 bits per heavy atom. The molecule has 2 amide bonds. The molecule has 0 saturated carbocycles. The van der Waals surface area contributed by atoms with E-state index in [1.165, 1.54) is 0 Å². The highest BCUT2D eigenvalue weighted by atomic mass is 16.6. The maximum atomic E-state index is 14.3. The lowest BCUT2D eigenvalue weighted by Crippen LogP contribution is -2.54. The van der Waals surface area contributed by atoms with Crippen LogP contribution in [0, 0.1) is 0 Å². The molecule has 7 rings (SSSR count). The number of hydrogen-bond donors (Lipinski definition) is 2. The number of fused-ring (bicyclic) bond motifs is 6. The quantitative estimate of drug-likeness (QED) is 0.0893. The van der Waals surface area contributed by atoms with Crippen LogP contribution in [0.1, 0.15) is 88.1 Å². The van der Waals surface area contributed by atoms with Crippen LogP contribution in [0.5, 0.6) is 0 Å². The topological polar surface area (TPSA) is 129 Å². The van der Waals surface area contributed by atoms with Crippen molar-refractivity contribution < 1.29 is 38.1 Å². The first-order valence-corrected chi connectivity index (χ1v) is 20.4. The molecule has 0 fully saturated rings. The van der Waals surface area contributed by atoms with Crippen molar-refractivity contribution in [2.24, 2.45) is 0 Å². The molecule has 5 aromatic carbocycles. The Hall–Kier alpha value is -6.26. The highest BCUT2D eigenvalue weighted by Crippen LogP contribution is 2.53. The van der Waals surface area contributed by atoms with Gasteiger partial charge in [0.15, 0.2) is 11.6 Å². The maximum Gasteiger partial charge on any atom is 0.407 e. The van der Waals surface area contributed by atoms with E-state index in [4.69, 9.17) is 18.9 Å². The summed E-state index contributed by atoms with van der Waals surface area (Å²) in [5.41, 5.74) is 5.75. The van der Waals surface area contributed by atoms with Gasteiger partial charge in [-0.25, -0.2) is 9.59 Å². The summed E-state index contributed by atoms with van der Waals surface area (Å²) < 4.78 is 24.0. The van der Waals surface area contributed by atoms with E-state index in [1.807, 2.05) is 148 Å². The van der Waals surface area contributed by atoms with E-state index in [0.29, 0.717) is 0 Å². The molecule has 0 aliphatic heterocycles. The molecule has 310 valence electrons. The van der Waals surface area contributed by atoms with Gasteiger partial charge in [0.2, 0.25) is 5.91 Å². The monoisotopic (exact) mass is 808 g/mol. The van der Waals surface area contributed by atoms with E-state index in [1.54, 1.807) is 20.8 Å². The van der Waals surface area contributed by atoms with Crippen molar-refractivity contribution in [3.63, 3.8) is 0 Å². The zero-order chi connectivity index (χ0) is 42.7. The summed E-state index contributed by atoms with van der Waals surface area (Å²) in [4.78, 5) is 55.6. The third-order valence-corrected chi connectivity index (χ3v) is 10.6. The molecule has 0 aromatic heterocycles. The Morgan fingerprint density at radius 1 is 0.617 bits per heavy atom. The standard InChI is InChI=1S/C50H52N2O8/c1-48(2,3)58-31-43(46(55)60-49(4,5)6)51-45(54)42(52-47(56)57-30-39-35-22-12-10-20-33(35)34-21-11-13-23-36(34)39)28-29-44(53)59-50(32-18-8-7-9-19-32)40-26-16-14-24-37(40)38-25-15-17-27-41(38)50/h7-27,39,42-43H,28-31H2,1-6H3,(H,51,54)(H,52,56)/t42-,43-/m0/s1. The number of benzene rings is 5. The number of nitrogens with one attached hydrogen (secondary N) is 2. The van der Waals surface area contributed by atoms with Gasteiger partial charge in [0.25, 0.3) is 0 Å². The van der Waals surface area contributed by atoms with Crippen LogP contribution in [0.4, 0.5) is 4.79 Å². The van der Waals surface area contributed by atoms with Crippen molar-refractivity contribution in [1.82, 2.24) is 10.6 Å². The molecule has 0 spiro atoms. The summed E-state index contributed by atoms with van der Waals surface area (Å²) >= 11 is 0. The summed E-state index contributed by atoms with van der Waals surface area (Å²) in [7, 11) is 0. The van der Waals surface area contributed by atoms with Crippen molar-refractivity contribution in [3.8, 4) is 22.3 Å². The van der Waals surface area contributed by atoms with Crippen molar-refractivity contribution in [1.29, 1.82) is 0 Å². The summed E-state index contributed by atoms with van der Waals surface area (Å²) in [5, 5.41) is 5.44. The van der Waals surface area contributed by atoms with Crippen LogP contribution in [0.15, 0.2) is 127 Å². The molecule has 0 heterocycles. The molecule has 2 aliphatic carbocycles. The van der Waals surface area contributed by atoms with Gasteiger partial charge in [-0.05, 0) is 81.3 Å². The van der Waals surface area contributed by atoms with Crippen LogP contribution in [-0.2, 0) is 38.9 Å². The second-order valence-electron chi connectivity index (χ2n) is 17.2. The first-order chi connectivity index (χ1) is 28.6. The van der Waals surface area contributed by atoms with Gasteiger partial charge in [-0.2, -0.15) is 0 Å². The zero-order valence-electron chi connectivity index (χ0n) is 35.0. The lowest BCUT2D eigenvalue weighted by Gasteiger charge is -2.32. The van der Waals surface area contributed by atoms with E-state index in [-0.39, 0.29) is 32.0 Å². The minimum absolute atomic E-state index is 0.00854. The molecule has 60 heavy (non-hydrogen) atoms. The minimum atomic E-state index is -1.32. The zero-order valence-corrected chi connectivity index (χ0v) is 35.0. The molecule has 10 heteroatoms. The predicted octanol–water partition coefficient (Wildman–Crippen LogP) is 8.83. The summed E-state index contributed by atoms with van der Waals surface area (Å²) in [5.74, 6) is -2.25. The molecule has 2 N–H and O–H groups in total. The van der Waals surface area contributed by atoms with Gasteiger partial charge < -0.3 is 29.6 Å². The lowest BCUT2D eigenvalue weighted by molar-refractivity contribution is -0.162. The number of carbonyl (C=O) groups is 4. The second kappa shape index (κ2) is 17.1. The van der Waals surface area contributed by atoms with Gasteiger partial charge in [0.1, 0.15) is 18.2 Å². The highest BCUT2D eigenvalue weighted by Gasteiger charge is 2.48. The van der Waals surface area contributed by atoms with Crippen LogP contribution in [0.25, 0.3) is 22.3 Å². The maximum absolute atomic E-state index is 14.3. The number of esters is 2. The Morgan fingerprint density at radius 3 is 1.68 bits per heavy atom. The molecule has 10 nitrogen and oxygen atoms in total. The molecule has 2 atom stereocenters. The smallest absolute Gasteiger partial charge is 0.407 e. The van der Waals surface area contributed by atoms with Crippen molar-refractivity contribution in [2.45, 2.75) is 89.2 Å².